The minimum absolute atomic E-state index is 0.591. The van der Waals surface area contributed by atoms with E-state index in [0.29, 0.717) is 5.92 Å². The fourth-order valence-corrected chi connectivity index (χ4v) is 2.54. The van der Waals surface area contributed by atoms with Crippen LogP contribution in [0.5, 0.6) is 0 Å². The maximum absolute atomic E-state index is 5.39. The fourth-order valence-electron chi connectivity index (χ4n) is 2.54. The highest BCUT2D eigenvalue weighted by Gasteiger charge is 2.29. The Morgan fingerprint density at radius 1 is 0.857 bits per heavy atom. The predicted molar refractivity (Wildman–Crippen MR) is 89.3 cm³/mol. The number of allylic oxidation sites excluding steroid dienone is 2. The van der Waals surface area contributed by atoms with Crippen molar-refractivity contribution in [3.05, 3.63) is 12.2 Å². The monoisotopic (exact) mass is 300 g/mol. The number of ether oxygens (including phenoxy) is 3. The summed E-state index contributed by atoms with van der Waals surface area (Å²) in [6.45, 7) is 4.47. The van der Waals surface area contributed by atoms with E-state index >= 15 is 0 Å². The molecular weight excluding hydrogens is 264 g/mol. The summed E-state index contributed by atoms with van der Waals surface area (Å²) in [5.41, 5.74) is 0. The van der Waals surface area contributed by atoms with Crippen molar-refractivity contribution in [1.82, 2.24) is 0 Å². The Bertz CT molecular complexity index is 239. The zero-order valence-corrected chi connectivity index (χ0v) is 14.8. The van der Waals surface area contributed by atoms with E-state index in [0.717, 1.165) is 19.3 Å². The van der Waals surface area contributed by atoms with Gasteiger partial charge in [-0.3, -0.25) is 0 Å². The lowest BCUT2D eigenvalue weighted by Gasteiger charge is -2.29. The van der Waals surface area contributed by atoms with E-state index in [9.17, 15) is 0 Å². The van der Waals surface area contributed by atoms with Gasteiger partial charge < -0.3 is 14.2 Å². The minimum Gasteiger partial charge on any atom is -0.331 e. The van der Waals surface area contributed by atoms with Gasteiger partial charge in [0.2, 0.25) is 0 Å². The van der Waals surface area contributed by atoms with Crippen molar-refractivity contribution in [3.8, 4) is 0 Å². The third-order valence-corrected chi connectivity index (χ3v) is 4.05. The van der Waals surface area contributed by atoms with Crippen molar-refractivity contribution >= 4 is 0 Å². The zero-order valence-electron chi connectivity index (χ0n) is 14.8. The van der Waals surface area contributed by atoms with E-state index in [4.69, 9.17) is 14.2 Å². The molecule has 0 aromatic rings. The first kappa shape index (κ1) is 20.6. The molecule has 126 valence electrons. The predicted octanol–water partition coefficient (Wildman–Crippen LogP) is 5.30. The van der Waals surface area contributed by atoms with Crippen LogP contribution in [0.4, 0.5) is 0 Å². The van der Waals surface area contributed by atoms with Gasteiger partial charge in [-0.25, -0.2) is 0 Å². The molecule has 0 aliphatic rings. The molecule has 0 amide bonds. The largest absolute Gasteiger partial charge is 0.331 e. The lowest BCUT2D eigenvalue weighted by atomic mass is 9.94. The van der Waals surface area contributed by atoms with Crippen molar-refractivity contribution < 1.29 is 14.2 Å². The minimum atomic E-state index is -0.889. The van der Waals surface area contributed by atoms with Crippen molar-refractivity contribution in [3.63, 3.8) is 0 Å². The lowest BCUT2D eigenvalue weighted by molar-refractivity contribution is -0.355. The molecule has 0 saturated heterocycles. The number of rotatable bonds is 14. The van der Waals surface area contributed by atoms with Gasteiger partial charge in [-0.05, 0) is 25.2 Å². The Hall–Kier alpha value is -0.380. The van der Waals surface area contributed by atoms with E-state index in [1.807, 2.05) is 0 Å². The average Bonchev–Trinajstić information content (AvgIpc) is 2.52. The Balaban J connectivity index is 4.36. The van der Waals surface area contributed by atoms with Crippen LogP contribution in [0.25, 0.3) is 0 Å². The lowest BCUT2D eigenvalue weighted by Crippen LogP contribution is -2.36. The number of hydrogen-bond acceptors (Lipinski definition) is 3. The van der Waals surface area contributed by atoms with Crippen LogP contribution >= 0.6 is 0 Å². The summed E-state index contributed by atoms with van der Waals surface area (Å²) in [7, 11) is 4.91. The third kappa shape index (κ3) is 9.28. The van der Waals surface area contributed by atoms with E-state index in [-0.39, 0.29) is 0 Å². The molecule has 0 aromatic heterocycles. The Kier molecular flexibility index (Phi) is 13.1. The van der Waals surface area contributed by atoms with Crippen LogP contribution < -0.4 is 0 Å². The SMILES string of the molecule is CCCC=CC(CCCCCC)CCC(OC)(OC)OC. The quantitative estimate of drug-likeness (QED) is 0.247. The number of methoxy groups -OCH3 is 3. The van der Waals surface area contributed by atoms with Crippen molar-refractivity contribution in [1.29, 1.82) is 0 Å². The molecule has 1 atom stereocenters. The molecule has 0 rings (SSSR count). The maximum Gasteiger partial charge on any atom is 0.282 e. The summed E-state index contributed by atoms with van der Waals surface area (Å²) in [5, 5.41) is 0. The van der Waals surface area contributed by atoms with Gasteiger partial charge in [0.1, 0.15) is 0 Å². The molecule has 0 radical (unpaired) electrons. The highest BCUT2D eigenvalue weighted by Crippen LogP contribution is 2.26. The van der Waals surface area contributed by atoms with E-state index in [1.54, 1.807) is 21.3 Å². The maximum atomic E-state index is 5.39. The Labute approximate surface area is 132 Å². The standard InChI is InChI=1S/C18H36O3/c1-6-8-10-12-14-17(13-11-9-7-2)15-16-18(19-3,20-4)21-5/h11,13,17H,6-10,12,14-16H2,1-5H3. The van der Waals surface area contributed by atoms with Gasteiger partial charge in [-0.1, -0.05) is 58.1 Å². The van der Waals surface area contributed by atoms with Crippen LogP contribution in [0.1, 0.15) is 71.6 Å². The van der Waals surface area contributed by atoms with Gasteiger partial charge in [0.15, 0.2) is 0 Å². The van der Waals surface area contributed by atoms with Crippen molar-refractivity contribution in [2.45, 2.75) is 77.6 Å². The van der Waals surface area contributed by atoms with Gasteiger partial charge in [0, 0.05) is 27.8 Å². The molecule has 0 bridgehead atoms. The third-order valence-electron chi connectivity index (χ3n) is 4.05. The van der Waals surface area contributed by atoms with Crippen molar-refractivity contribution in [2.24, 2.45) is 5.92 Å². The van der Waals surface area contributed by atoms with Crippen LogP contribution in [-0.2, 0) is 14.2 Å². The average molecular weight is 300 g/mol. The summed E-state index contributed by atoms with van der Waals surface area (Å²) in [4.78, 5) is 0. The summed E-state index contributed by atoms with van der Waals surface area (Å²) >= 11 is 0. The van der Waals surface area contributed by atoms with Crippen LogP contribution in [0.15, 0.2) is 12.2 Å². The van der Waals surface area contributed by atoms with Gasteiger partial charge in [-0.15, -0.1) is 0 Å². The van der Waals surface area contributed by atoms with E-state index < -0.39 is 5.97 Å². The second-order valence-corrected chi connectivity index (χ2v) is 5.66. The summed E-state index contributed by atoms with van der Waals surface area (Å²) in [6, 6.07) is 0. The molecule has 3 nitrogen and oxygen atoms in total. The topological polar surface area (TPSA) is 27.7 Å². The smallest absolute Gasteiger partial charge is 0.282 e. The summed E-state index contributed by atoms with van der Waals surface area (Å²) in [6.07, 6.45) is 15.3. The first-order valence-corrected chi connectivity index (χ1v) is 8.50. The van der Waals surface area contributed by atoms with E-state index in [1.165, 1.54) is 38.5 Å². The van der Waals surface area contributed by atoms with Crippen molar-refractivity contribution in [2.75, 3.05) is 21.3 Å². The summed E-state index contributed by atoms with van der Waals surface area (Å²) in [5.74, 6) is -0.298. The van der Waals surface area contributed by atoms with E-state index in [2.05, 4.69) is 26.0 Å². The number of unbranched alkanes of at least 4 members (excludes halogenated alkanes) is 4. The molecule has 21 heavy (non-hydrogen) atoms. The first-order chi connectivity index (χ1) is 10.2. The molecule has 0 heterocycles. The van der Waals surface area contributed by atoms with Gasteiger partial charge >= 0.3 is 0 Å². The number of hydrogen-bond donors (Lipinski definition) is 0. The molecule has 0 aromatic carbocycles. The fraction of sp³-hybridized carbons (Fsp3) is 0.889. The zero-order chi connectivity index (χ0) is 16.0. The van der Waals surface area contributed by atoms with Crippen LogP contribution in [-0.4, -0.2) is 27.3 Å². The van der Waals surface area contributed by atoms with Gasteiger partial charge in [0.25, 0.3) is 5.97 Å². The molecule has 0 spiro atoms. The molecule has 1 unspecified atom stereocenters. The molecule has 0 saturated carbocycles. The molecule has 0 aliphatic carbocycles. The van der Waals surface area contributed by atoms with Gasteiger partial charge in [0.05, 0.1) is 0 Å². The van der Waals surface area contributed by atoms with Gasteiger partial charge in [-0.2, -0.15) is 0 Å². The van der Waals surface area contributed by atoms with Crippen LogP contribution in [0.2, 0.25) is 0 Å². The highest BCUT2D eigenvalue weighted by atomic mass is 16.9. The van der Waals surface area contributed by atoms with Crippen LogP contribution in [0, 0.1) is 5.92 Å². The van der Waals surface area contributed by atoms with Crippen LogP contribution in [0.3, 0.4) is 0 Å². The first-order valence-electron chi connectivity index (χ1n) is 8.50. The Morgan fingerprint density at radius 2 is 1.52 bits per heavy atom. The molecule has 0 N–H and O–H groups in total. The highest BCUT2D eigenvalue weighted by molar-refractivity contribution is 4.88. The normalized spacial score (nSPS) is 14.0. The molecule has 0 fully saturated rings. The molecular formula is C18H36O3. The second kappa shape index (κ2) is 13.3. The molecule has 3 heteroatoms. The summed E-state index contributed by atoms with van der Waals surface area (Å²) < 4.78 is 16.2. The Morgan fingerprint density at radius 3 is 2.05 bits per heavy atom. The molecule has 0 aliphatic heterocycles. The second-order valence-electron chi connectivity index (χ2n) is 5.66.